The van der Waals surface area contributed by atoms with E-state index in [0.717, 1.165) is 18.6 Å². The lowest BCUT2D eigenvalue weighted by atomic mass is 10.1. The fourth-order valence-corrected chi connectivity index (χ4v) is 1.74. The molecule has 0 aliphatic carbocycles. The molecular formula is C11H14ClN3. The number of halogens is 1. The van der Waals surface area contributed by atoms with Crippen molar-refractivity contribution in [3.63, 3.8) is 0 Å². The highest BCUT2D eigenvalue weighted by Gasteiger charge is 2.05. The van der Waals surface area contributed by atoms with E-state index in [1.165, 1.54) is 10.9 Å². The number of nitrogens with one attached hydrogen (secondary N) is 1. The smallest absolute Gasteiger partial charge is 0.139 e. The van der Waals surface area contributed by atoms with Gasteiger partial charge in [-0.2, -0.15) is 0 Å². The van der Waals surface area contributed by atoms with E-state index in [-0.39, 0.29) is 0 Å². The van der Waals surface area contributed by atoms with Crippen molar-refractivity contribution in [3.8, 4) is 0 Å². The van der Waals surface area contributed by atoms with Gasteiger partial charge in [0, 0.05) is 18.1 Å². The molecule has 1 N–H and O–H groups in total. The van der Waals surface area contributed by atoms with Crippen molar-refractivity contribution in [2.24, 2.45) is 0 Å². The molecule has 0 saturated carbocycles. The van der Waals surface area contributed by atoms with E-state index in [9.17, 15) is 0 Å². The van der Waals surface area contributed by atoms with Crippen LogP contribution in [0.3, 0.4) is 0 Å². The average Bonchev–Trinajstić information content (AvgIpc) is 2.57. The predicted molar refractivity (Wildman–Crippen MR) is 63.4 cm³/mol. The van der Waals surface area contributed by atoms with Crippen LogP contribution in [0.15, 0.2) is 18.3 Å². The van der Waals surface area contributed by atoms with E-state index in [1.807, 2.05) is 18.3 Å². The third kappa shape index (κ3) is 2.30. The van der Waals surface area contributed by atoms with E-state index < -0.39 is 0 Å². The first-order valence-corrected chi connectivity index (χ1v) is 5.32. The van der Waals surface area contributed by atoms with Gasteiger partial charge in [0.05, 0.1) is 0 Å². The maximum absolute atomic E-state index is 5.82. The highest BCUT2D eigenvalue weighted by molar-refractivity contribution is 6.29. The van der Waals surface area contributed by atoms with Crippen molar-refractivity contribution < 1.29 is 0 Å². The third-order valence-electron chi connectivity index (χ3n) is 2.42. The van der Waals surface area contributed by atoms with E-state index in [2.05, 4.69) is 29.0 Å². The molecule has 4 heteroatoms. The number of aromatic nitrogens is 2. The molecule has 0 amide bonds. The number of nitrogens with zero attached hydrogens (tertiary/aromatic N) is 2. The summed E-state index contributed by atoms with van der Waals surface area (Å²) in [5.74, 6) is 0. The lowest BCUT2D eigenvalue weighted by Crippen LogP contribution is -2.14. The van der Waals surface area contributed by atoms with Crippen LogP contribution in [0.2, 0.25) is 5.15 Å². The average molecular weight is 224 g/mol. The highest BCUT2D eigenvalue weighted by atomic mass is 35.5. The molecule has 0 spiro atoms. The number of aromatic amines is 1. The Hall–Kier alpha value is -1.06. The number of fused-ring (bicyclic) bond motifs is 1. The Morgan fingerprint density at radius 3 is 2.93 bits per heavy atom. The third-order valence-corrected chi connectivity index (χ3v) is 2.63. The summed E-state index contributed by atoms with van der Waals surface area (Å²) < 4.78 is 0. The Bertz CT molecular complexity index is 462. The molecule has 0 atom stereocenters. The minimum absolute atomic E-state index is 0.531. The first-order chi connectivity index (χ1) is 7.16. The molecule has 0 aliphatic heterocycles. The number of likely N-dealkylation sites (N-methyl/N-ethyl adjacent to an activating group) is 1. The molecule has 15 heavy (non-hydrogen) atoms. The molecule has 2 aromatic rings. The standard InChI is InChI=1S/C11H14ClN3/c1-15(2)6-5-8-7-13-11-9(8)3-4-10(12)14-11/h3-4,7H,5-6H2,1-2H3,(H,13,14). The maximum atomic E-state index is 5.82. The molecule has 2 rings (SSSR count). The summed E-state index contributed by atoms with van der Waals surface area (Å²) in [5.41, 5.74) is 2.17. The van der Waals surface area contributed by atoms with Gasteiger partial charge in [0.15, 0.2) is 0 Å². The van der Waals surface area contributed by atoms with Crippen LogP contribution in [0, 0.1) is 0 Å². The van der Waals surface area contributed by atoms with Crippen molar-refractivity contribution >= 4 is 22.6 Å². The molecule has 0 aromatic carbocycles. The van der Waals surface area contributed by atoms with Gasteiger partial charge < -0.3 is 9.88 Å². The van der Waals surface area contributed by atoms with Crippen LogP contribution in [0.1, 0.15) is 5.56 Å². The van der Waals surface area contributed by atoms with Crippen molar-refractivity contribution in [1.82, 2.24) is 14.9 Å². The Balaban J connectivity index is 2.29. The van der Waals surface area contributed by atoms with Crippen LogP contribution in [0.25, 0.3) is 11.0 Å². The first kappa shape index (κ1) is 10.5. The highest BCUT2D eigenvalue weighted by Crippen LogP contribution is 2.19. The molecule has 2 heterocycles. The molecule has 0 fully saturated rings. The van der Waals surface area contributed by atoms with Crippen LogP contribution in [-0.4, -0.2) is 35.5 Å². The summed E-state index contributed by atoms with van der Waals surface area (Å²) in [6.45, 7) is 1.04. The van der Waals surface area contributed by atoms with Gasteiger partial charge in [0.1, 0.15) is 10.8 Å². The van der Waals surface area contributed by atoms with Gasteiger partial charge in [-0.05, 0) is 38.2 Å². The second kappa shape index (κ2) is 4.21. The fourth-order valence-electron chi connectivity index (χ4n) is 1.59. The van der Waals surface area contributed by atoms with Crippen LogP contribution < -0.4 is 0 Å². The van der Waals surface area contributed by atoms with Crippen molar-refractivity contribution in [2.45, 2.75) is 6.42 Å². The van der Waals surface area contributed by atoms with Crippen LogP contribution in [0.5, 0.6) is 0 Å². The largest absolute Gasteiger partial charge is 0.346 e. The Labute approximate surface area is 94.1 Å². The second-order valence-electron chi connectivity index (χ2n) is 3.90. The minimum atomic E-state index is 0.531. The summed E-state index contributed by atoms with van der Waals surface area (Å²) in [6.07, 6.45) is 3.04. The van der Waals surface area contributed by atoms with Gasteiger partial charge in [0.25, 0.3) is 0 Å². The predicted octanol–water partition coefficient (Wildman–Crippen LogP) is 2.32. The summed E-state index contributed by atoms with van der Waals surface area (Å²) in [5, 5.41) is 1.70. The molecule has 0 unspecified atom stereocenters. The Morgan fingerprint density at radius 2 is 2.20 bits per heavy atom. The summed E-state index contributed by atoms with van der Waals surface area (Å²) in [7, 11) is 4.15. The lowest BCUT2D eigenvalue weighted by Gasteiger charge is -2.07. The zero-order valence-electron chi connectivity index (χ0n) is 8.92. The second-order valence-corrected chi connectivity index (χ2v) is 4.28. The van der Waals surface area contributed by atoms with Crippen molar-refractivity contribution in [1.29, 1.82) is 0 Å². The molecule has 0 bridgehead atoms. The van der Waals surface area contributed by atoms with Gasteiger partial charge in [-0.3, -0.25) is 0 Å². The van der Waals surface area contributed by atoms with Crippen LogP contribution >= 0.6 is 11.6 Å². The van der Waals surface area contributed by atoms with E-state index >= 15 is 0 Å². The molecule has 0 saturated heterocycles. The maximum Gasteiger partial charge on any atom is 0.139 e. The van der Waals surface area contributed by atoms with E-state index in [1.54, 1.807) is 0 Å². The topological polar surface area (TPSA) is 31.9 Å². The van der Waals surface area contributed by atoms with E-state index in [4.69, 9.17) is 11.6 Å². The SMILES string of the molecule is CN(C)CCc1c[nH]c2nc(Cl)ccc12. The lowest BCUT2D eigenvalue weighted by molar-refractivity contribution is 0.414. The molecule has 0 aliphatic rings. The normalized spacial score (nSPS) is 11.5. The number of hydrogen-bond acceptors (Lipinski definition) is 2. The number of rotatable bonds is 3. The minimum Gasteiger partial charge on any atom is -0.346 e. The van der Waals surface area contributed by atoms with Gasteiger partial charge in [0.2, 0.25) is 0 Å². The van der Waals surface area contributed by atoms with Crippen LogP contribution in [-0.2, 0) is 6.42 Å². The number of pyridine rings is 1. The quantitative estimate of drug-likeness (QED) is 0.810. The fraction of sp³-hybridized carbons (Fsp3) is 0.364. The van der Waals surface area contributed by atoms with Crippen LogP contribution in [0.4, 0.5) is 0 Å². The summed E-state index contributed by atoms with van der Waals surface area (Å²) in [4.78, 5) is 9.53. The Morgan fingerprint density at radius 1 is 1.40 bits per heavy atom. The monoisotopic (exact) mass is 223 g/mol. The zero-order chi connectivity index (χ0) is 10.8. The first-order valence-electron chi connectivity index (χ1n) is 4.94. The van der Waals surface area contributed by atoms with Crippen molar-refractivity contribution in [3.05, 3.63) is 29.0 Å². The number of hydrogen-bond donors (Lipinski definition) is 1. The zero-order valence-corrected chi connectivity index (χ0v) is 9.67. The molecule has 3 nitrogen and oxygen atoms in total. The van der Waals surface area contributed by atoms with Crippen molar-refractivity contribution in [2.75, 3.05) is 20.6 Å². The molecule has 0 radical (unpaired) electrons. The molecule has 2 aromatic heterocycles. The summed E-state index contributed by atoms with van der Waals surface area (Å²) >= 11 is 5.82. The molecule has 80 valence electrons. The Kier molecular flexibility index (Phi) is 2.93. The van der Waals surface area contributed by atoms with Gasteiger partial charge in [-0.15, -0.1) is 0 Å². The van der Waals surface area contributed by atoms with Gasteiger partial charge >= 0.3 is 0 Å². The molecular weight excluding hydrogens is 210 g/mol. The van der Waals surface area contributed by atoms with E-state index in [0.29, 0.717) is 5.15 Å². The number of H-pyrrole nitrogens is 1. The van der Waals surface area contributed by atoms with Gasteiger partial charge in [-0.1, -0.05) is 11.6 Å². The van der Waals surface area contributed by atoms with Gasteiger partial charge in [-0.25, -0.2) is 4.98 Å². The summed E-state index contributed by atoms with van der Waals surface area (Å²) in [6, 6.07) is 3.85.